The zero-order chi connectivity index (χ0) is 9.72. The fourth-order valence-electron chi connectivity index (χ4n) is 0.496. The quantitative estimate of drug-likeness (QED) is 0.452. The van der Waals surface area contributed by atoms with E-state index in [0.29, 0.717) is 0 Å². The van der Waals surface area contributed by atoms with Crippen molar-refractivity contribution in [2.24, 2.45) is 0 Å². The first kappa shape index (κ1) is 10.9. The summed E-state index contributed by atoms with van der Waals surface area (Å²) in [7, 11) is 3.14. The molecule has 0 bridgehead atoms. The third-order valence-electron chi connectivity index (χ3n) is 1.03. The number of hydrogen-bond acceptors (Lipinski definition) is 3. The molecule has 0 fully saturated rings. The molecular formula is C8H14NO3. The van der Waals surface area contributed by atoms with E-state index in [2.05, 4.69) is 0 Å². The van der Waals surface area contributed by atoms with E-state index in [1.54, 1.807) is 27.9 Å². The SMILES string of the molecule is CC(C)OC(=O)[CH]C(=O)N(C)C. The van der Waals surface area contributed by atoms with E-state index in [-0.39, 0.29) is 12.0 Å². The summed E-state index contributed by atoms with van der Waals surface area (Å²) >= 11 is 0. The molecule has 0 saturated heterocycles. The Hall–Kier alpha value is -1.06. The third kappa shape index (κ3) is 4.71. The van der Waals surface area contributed by atoms with Gasteiger partial charge in [0.2, 0.25) is 5.91 Å². The third-order valence-corrected chi connectivity index (χ3v) is 1.03. The Balaban J connectivity index is 3.77. The molecule has 0 heterocycles. The summed E-state index contributed by atoms with van der Waals surface area (Å²) in [5, 5.41) is 0. The van der Waals surface area contributed by atoms with Gasteiger partial charge in [-0.1, -0.05) is 0 Å². The van der Waals surface area contributed by atoms with Crippen molar-refractivity contribution in [2.45, 2.75) is 20.0 Å². The lowest BCUT2D eigenvalue weighted by Gasteiger charge is -2.10. The maximum absolute atomic E-state index is 10.9. The lowest BCUT2D eigenvalue weighted by atomic mass is 10.4. The van der Waals surface area contributed by atoms with Gasteiger partial charge in [-0.2, -0.15) is 0 Å². The molecule has 0 spiro atoms. The Bertz CT molecular complexity index is 175. The predicted octanol–water partition coefficient (Wildman–Crippen LogP) is 0.230. The maximum Gasteiger partial charge on any atom is 0.320 e. The summed E-state index contributed by atoms with van der Waals surface area (Å²) in [6.07, 6.45) is 0.740. The minimum atomic E-state index is -0.594. The van der Waals surface area contributed by atoms with E-state index in [0.717, 1.165) is 6.42 Å². The predicted molar refractivity (Wildman–Crippen MR) is 44.2 cm³/mol. The second kappa shape index (κ2) is 4.74. The van der Waals surface area contributed by atoms with Crippen LogP contribution in [-0.4, -0.2) is 37.0 Å². The Morgan fingerprint density at radius 3 is 2.17 bits per heavy atom. The van der Waals surface area contributed by atoms with Crippen molar-refractivity contribution >= 4 is 11.9 Å². The minimum absolute atomic E-state index is 0.191. The lowest BCUT2D eigenvalue weighted by Crippen LogP contribution is -2.26. The molecule has 0 atom stereocenters. The van der Waals surface area contributed by atoms with Gasteiger partial charge in [0.1, 0.15) is 0 Å². The van der Waals surface area contributed by atoms with Crippen molar-refractivity contribution in [3.8, 4) is 0 Å². The molecule has 12 heavy (non-hydrogen) atoms. The molecule has 0 saturated carbocycles. The highest BCUT2D eigenvalue weighted by Gasteiger charge is 2.13. The van der Waals surface area contributed by atoms with Crippen molar-refractivity contribution < 1.29 is 14.3 Å². The van der Waals surface area contributed by atoms with Gasteiger partial charge in [0.25, 0.3) is 0 Å². The molecule has 4 nitrogen and oxygen atoms in total. The van der Waals surface area contributed by atoms with Crippen LogP contribution >= 0.6 is 0 Å². The van der Waals surface area contributed by atoms with Crippen LogP contribution in [0.3, 0.4) is 0 Å². The van der Waals surface area contributed by atoms with Gasteiger partial charge in [-0.3, -0.25) is 9.59 Å². The van der Waals surface area contributed by atoms with Crippen LogP contribution in [0.15, 0.2) is 0 Å². The number of carbonyl (C=O) groups is 2. The van der Waals surface area contributed by atoms with Gasteiger partial charge < -0.3 is 9.64 Å². The Morgan fingerprint density at radius 1 is 1.33 bits per heavy atom. The molecule has 1 amide bonds. The van der Waals surface area contributed by atoms with Crippen LogP contribution in [0.1, 0.15) is 13.8 Å². The van der Waals surface area contributed by atoms with Crippen LogP contribution in [0.2, 0.25) is 0 Å². The van der Waals surface area contributed by atoms with Gasteiger partial charge in [0, 0.05) is 14.1 Å². The van der Waals surface area contributed by atoms with Crippen molar-refractivity contribution in [2.75, 3.05) is 14.1 Å². The van der Waals surface area contributed by atoms with Crippen LogP contribution in [0, 0.1) is 6.42 Å². The molecule has 69 valence electrons. The van der Waals surface area contributed by atoms with E-state index in [4.69, 9.17) is 4.74 Å². The summed E-state index contributed by atoms with van der Waals surface area (Å²) < 4.78 is 4.73. The van der Waals surface area contributed by atoms with Crippen LogP contribution < -0.4 is 0 Å². The molecule has 0 aromatic carbocycles. The lowest BCUT2D eigenvalue weighted by molar-refractivity contribution is -0.145. The molecule has 0 aromatic heterocycles. The molecule has 0 aromatic rings. The van der Waals surface area contributed by atoms with Gasteiger partial charge >= 0.3 is 5.97 Å². The van der Waals surface area contributed by atoms with Gasteiger partial charge in [-0.05, 0) is 13.8 Å². The number of hydrogen-bond donors (Lipinski definition) is 0. The van der Waals surface area contributed by atoms with E-state index < -0.39 is 5.97 Å². The molecule has 0 aliphatic heterocycles. The van der Waals surface area contributed by atoms with Gasteiger partial charge in [-0.25, -0.2) is 0 Å². The molecular weight excluding hydrogens is 158 g/mol. The fourth-order valence-corrected chi connectivity index (χ4v) is 0.496. The van der Waals surface area contributed by atoms with Gasteiger partial charge in [-0.15, -0.1) is 0 Å². The van der Waals surface area contributed by atoms with E-state index >= 15 is 0 Å². The number of amides is 1. The Morgan fingerprint density at radius 2 is 1.83 bits per heavy atom. The highest BCUT2D eigenvalue weighted by molar-refractivity contribution is 6.05. The van der Waals surface area contributed by atoms with E-state index in [1.807, 2.05) is 0 Å². The molecule has 0 rings (SSSR count). The Kier molecular flexibility index (Phi) is 4.33. The topological polar surface area (TPSA) is 46.6 Å². The van der Waals surface area contributed by atoms with Crippen molar-refractivity contribution in [3.05, 3.63) is 6.42 Å². The van der Waals surface area contributed by atoms with E-state index in [9.17, 15) is 9.59 Å². The fraction of sp³-hybridized carbons (Fsp3) is 0.625. The summed E-state index contributed by atoms with van der Waals surface area (Å²) in [4.78, 5) is 23.1. The Labute approximate surface area is 72.5 Å². The smallest absolute Gasteiger partial charge is 0.320 e. The number of esters is 1. The summed E-state index contributed by atoms with van der Waals surface area (Å²) in [6.45, 7) is 3.46. The minimum Gasteiger partial charge on any atom is -0.462 e. The number of nitrogens with zero attached hydrogens (tertiary/aromatic N) is 1. The summed E-state index contributed by atoms with van der Waals surface area (Å²) in [6, 6.07) is 0. The summed E-state index contributed by atoms with van der Waals surface area (Å²) in [5.41, 5.74) is 0. The van der Waals surface area contributed by atoms with Crippen molar-refractivity contribution in [3.63, 3.8) is 0 Å². The zero-order valence-electron chi connectivity index (χ0n) is 7.83. The number of carbonyl (C=O) groups excluding carboxylic acids is 2. The maximum atomic E-state index is 10.9. The normalized spacial score (nSPS) is 9.75. The highest BCUT2D eigenvalue weighted by atomic mass is 16.5. The number of ether oxygens (including phenoxy) is 1. The molecule has 0 aliphatic rings. The molecule has 0 unspecified atom stereocenters. The highest BCUT2D eigenvalue weighted by Crippen LogP contribution is 1.94. The second-order valence-corrected chi connectivity index (χ2v) is 2.86. The molecule has 0 N–H and O–H groups in total. The largest absolute Gasteiger partial charge is 0.462 e. The number of rotatable bonds is 3. The van der Waals surface area contributed by atoms with E-state index in [1.165, 1.54) is 4.90 Å². The first-order valence-electron chi connectivity index (χ1n) is 3.70. The first-order chi connectivity index (χ1) is 5.43. The van der Waals surface area contributed by atoms with Crippen LogP contribution in [0.25, 0.3) is 0 Å². The molecule has 0 aliphatic carbocycles. The second-order valence-electron chi connectivity index (χ2n) is 2.86. The van der Waals surface area contributed by atoms with Crippen molar-refractivity contribution in [1.29, 1.82) is 0 Å². The monoisotopic (exact) mass is 172 g/mol. The summed E-state index contributed by atoms with van der Waals surface area (Å²) in [5.74, 6) is -0.954. The van der Waals surface area contributed by atoms with Crippen LogP contribution in [-0.2, 0) is 14.3 Å². The zero-order valence-corrected chi connectivity index (χ0v) is 7.83. The van der Waals surface area contributed by atoms with Gasteiger partial charge in [0.15, 0.2) is 6.42 Å². The van der Waals surface area contributed by atoms with Crippen molar-refractivity contribution in [1.82, 2.24) is 4.90 Å². The average Bonchev–Trinajstić information content (AvgIpc) is 1.84. The van der Waals surface area contributed by atoms with Crippen LogP contribution in [0.5, 0.6) is 0 Å². The molecule has 1 radical (unpaired) electrons. The molecule has 4 heteroatoms. The van der Waals surface area contributed by atoms with Gasteiger partial charge in [0.05, 0.1) is 6.10 Å². The van der Waals surface area contributed by atoms with Crippen LogP contribution in [0.4, 0.5) is 0 Å². The average molecular weight is 172 g/mol. The standard InChI is InChI=1S/C8H14NO3/c1-6(2)12-8(11)5-7(10)9(3)4/h5-6H,1-4H3. The first-order valence-corrected chi connectivity index (χ1v) is 3.70.